The standard InChI is InChI=1S/2C27H33NO8.C22H23ClO7.C5H11NO.ClH/c2*1-32-22-8-6-17(13-24(22)33-2)11-19-16-35-26(30)21(19)12-18-7-9-23(25(14-18)34-3)36-27(31)28-10-4-5-20(29)15-28;1-26-17-6-4-13(10-19(17)27-2)8-15-12-29-21(24)16(15)9-14-5-7-18(30-22(23)25)20(11-14)28-3;7-5-2-1-3-6-4-5;/h2*6-9,13-14,19-21,29H,4-5,10-12,15-16H2,1-3H3;4-7,10-11,15-16H,8-9,12H2,1-3H3;5-7H,1-4H2;1H/t2*19-,20-,21+;15-,16+;5-;/m0000./s1. The molecule has 6 aliphatic rings. The van der Waals surface area contributed by atoms with Crippen molar-refractivity contribution in [2.24, 2.45) is 35.5 Å². The van der Waals surface area contributed by atoms with E-state index in [0.717, 1.165) is 72.2 Å². The summed E-state index contributed by atoms with van der Waals surface area (Å²) in [6.45, 7) is 4.53. The topological polar surface area (TPSA) is 320 Å². The molecule has 2 amide bonds. The number of halogens is 2. The van der Waals surface area contributed by atoms with E-state index in [1.165, 1.54) is 31.1 Å². The van der Waals surface area contributed by atoms with Crippen LogP contribution in [0.25, 0.3) is 0 Å². The first-order valence-electron chi connectivity index (χ1n) is 36.4. The fourth-order valence-electron chi connectivity index (χ4n) is 14.1. The molecule has 598 valence electrons. The van der Waals surface area contributed by atoms with Gasteiger partial charge in [0.25, 0.3) is 0 Å². The molecule has 12 rings (SSSR count). The van der Waals surface area contributed by atoms with Gasteiger partial charge in [-0.25, -0.2) is 14.4 Å². The largest absolute Gasteiger partial charge is 0.493 e. The second-order valence-electron chi connectivity index (χ2n) is 27.3. The van der Waals surface area contributed by atoms with Gasteiger partial charge in [0, 0.05) is 62.1 Å². The Kier molecular flexibility index (Phi) is 33.2. The summed E-state index contributed by atoms with van der Waals surface area (Å²) in [4.78, 5) is 76.6. The number of benzene rings is 6. The number of aliphatic hydroxyl groups is 3. The van der Waals surface area contributed by atoms with E-state index in [9.17, 15) is 39.0 Å². The number of ether oxygens (including phenoxy) is 15. The highest BCUT2D eigenvalue weighted by Crippen LogP contribution is 2.40. The number of carbonyl (C=O) groups is 6. The van der Waals surface area contributed by atoms with E-state index in [2.05, 4.69) is 5.32 Å². The van der Waals surface area contributed by atoms with Gasteiger partial charge in [-0.1, -0.05) is 36.4 Å². The summed E-state index contributed by atoms with van der Waals surface area (Å²) in [6, 6.07) is 32.9. The van der Waals surface area contributed by atoms with Crippen molar-refractivity contribution in [2.45, 2.75) is 95.4 Å². The Bertz CT molecular complexity index is 3880. The molecule has 6 saturated heterocycles. The van der Waals surface area contributed by atoms with E-state index >= 15 is 0 Å². The summed E-state index contributed by atoms with van der Waals surface area (Å²) < 4.78 is 80.5. The first kappa shape index (κ1) is 86.0. The van der Waals surface area contributed by atoms with Crippen LogP contribution in [0.15, 0.2) is 109 Å². The summed E-state index contributed by atoms with van der Waals surface area (Å²) in [5, 5.41) is 31.6. The Morgan fingerprint density at radius 1 is 0.391 bits per heavy atom. The maximum Gasteiger partial charge on any atom is 0.415 e. The minimum Gasteiger partial charge on any atom is -0.493 e. The monoisotopic (exact) mass is 1570 g/mol. The zero-order valence-corrected chi connectivity index (χ0v) is 65.1. The lowest BCUT2D eigenvalue weighted by Gasteiger charge is -2.29. The molecule has 6 aliphatic heterocycles. The molecule has 0 bridgehead atoms. The Labute approximate surface area is 652 Å². The van der Waals surface area contributed by atoms with Gasteiger partial charge < -0.3 is 101 Å². The number of cyclic esters (lactones) is 3. The molecule has 0 aliphatic carbocycles. The Balaban J connectivity index is 0.000000198. The number of aliphatic hydroxyl groups excluding tert-OH is 3. The van der Waals surface area contributed by atoms with Crippen molar-refractivity contribution in [2.75, 3.05) is 123 Å². The van der Waals surface area contributed by atoms with Crippen LogP contribution in [0.2, 0.25) is 0 Å². The number of hydrogen-bond acceptors (Lipinski definition) is 25. The second-order valence-corrected chi connectivity index (χ2v) is 27.6. The van der Waals surface area contributed by atoms with Gasteiger partial charge in [-0.05, 0) is 190 Å². The number of methoxy groups -OCH3 is 9. The molecule has 6 fully saturated rings. The summed E-state index contributed by atoms with van der Waals surface area (Å²) in [5.74, 6) is 4.30. The molecule has 27 nitrogen and oxygen atoms in total. The summed E-state index contributed by atoms with van der Waals surface area (Å²) >= 11 is 5.28. The number of nitrogens with zero attached hydrogens (tertiary/aromatic N) is 2. The molecule has 0 spiro atoms. The average molecular weight is 1570 g/mol. The Hall–Kier alpha value is -9.64. The molecule has 0 radical (unpaired) electrons. The maximum atomic E-state index is 12.6. The molecular formula is C81H101Cl2N3O24. The van der Waals surface area contributed by atoms with E-state index in [1.54, 1.807) is 85.1 Å². The molecule has 110 heavy (non-hydrogen) atoms. The highest BCUT2D eigenvalue weighted by atomic mass is 35.5. The zero-order valence-electron chi connectivity index (χ0n) is 63.5. The summed E-state index contributed by atoms with van der Waals surface area (Å²) in [5.41, 5.74) is 4.76. The van der Waals surface area contributed by atoms with Gasteiger partial charge in [0.1, 0.15) is 0 Å². The van der Waals surface area contributed by atoms with Gasteiger partial charge in [-0.2, -0.15) is 0 Å². The van der Waals surface area contributed by atoms with Crippen LogP contribution in [-0.4, -0.2) is 202 Å². The number of β-amino-alcohol motifs (C(OH)–C–C–N with tert-alkyl or cyclic N) is 3. The van der Waals surface area contributed by atoms with Crippen LogP contribution in [0.5, 0.6) is 69.0 Å². The lowest BCUT2D eigenvalue weighted by Crippen LogP contribution is -2.43. The number of esters is 3. The number of carbonyl (C=O) groups excluding carboxylic acids is 6. The van der Waals surface area contributed by atoms with Gasteiger partial charge in [0.15, 0.2) is 69.0 Å². The molecule has 6 aromatic rings. The SMILES string of the molecule is COc1ccc(C[C@H]2COC(=O)[C@@H]2Cc2ccc(OC(=O)Cl)c(OC)c2)cc1OC.COc1ccc(C[C@H]2COC(=O)[C@@H]2Cc2ccc(OC(=O)N3CCC[C@H](O)C3)c(OC)c2)cc1OC.COc1ccc(C[C@H]2COC(=O)[C@@H]2Cc2ccc(OC(=O)N3CCC[C@H](O)C3)c(OC)c2)cc1OC.Cl.O[C@H]1CCCNC1. The third-order valence-electron chi connectivity index (χ3n) is 20.0. The van der Waals surface area contributed by atoms with Crippen molar-refractivity contribution in [1.29, 1.82) is 0 Å². The predicted octanol–water partition coefficient (Wildman–Crippen LogP) is 10.7. The molecule has 6 heterocycles. The highest BCUT2D eigenvalue weighted by molar-refractivity contribution is 6.61. The third kappa shape index (κ3) is 23.9. The lowest BCUT2D eigenvalue weighted by molar-refractivity contribution is -0.142. The molecule has 6 aromatic carbocycles. The van der Waals surface area contributed by atoms with E-state index < -0.39 is 29.8 Å². The third-order valence-corrected chi connectivity index (χ3v) is 20.1. The van der Waals surface area contributed by atoms with Crippen LogP contribution >= 0.6 is 24.0 Å². The lowest BCUT2D eigenvalue weighted by atomic mass is 9.85. The van der Waals surface area contributed by atoms with Crippen LogP contribution in [0, 0.1) is 35.5 Å². The number of rotatable bonds is 24. The Morgan fingerprint density at radius 2 is 0.664 bits per heavy atom. The summed E-state index contributed by atoms with van der Waals surface area (Å²) in [6.07, 6.45) is 6.14. The molecular weight excluding hydrogens is 1470 g/mol. The number of hydrogen-bond donors (Lipinski definition) is 4. The average Bonchev–Trinajstić information content (AvgIpc) is 1.56. The normalized spacial score (nSPS) is 21.1. The van der Waals surface area contributed by atoms with Crippen molar-refractivity contribution < 1.29 is 115 Å². The van der Waals surface area contributed by atoms with Gasteiger partial charge >= 0.3 is 35.5 Å². The summed E-state index contributed by atoms with van der Waals surface area (Å²) in [7, 11) is 14.0. The predicted molar refractivity (Wildman–Crippen MR) is 407 cm³/mol. The molecule has 0 unspecified atom stereocenters. The molecule has 0 saturated carbocycles. The van der Waals surface area contributed by atoms with E-state index in [4.69, 9.17) is 87.8 Å². The van der Waals surface area contributed by atoms with Gasteiger partial charge in [-0.15, -0.1) is 12.4 Å². The minimum absolute atomic E-state index is 0. The van der Waals surface area contributed by atoms with E-state index in [-0.39, 0.29) is 90.8 Å². The van der Waals surface area contributed by atoms with E-state index in [0.29, 0.717) is 148 Å². The highest BCUT2D eigenvalue weighted by Gasteiger charge is 2.40. The minimum atomic E-state index is -0.949. The van der Waals surface area contributed by atoms with Gasteiger partial charge in [0.2, 0.25) is 0 Å². The smallest absolute Gasteiger partial charge is 0.415 e. The van der Waals surface area contributed by atoms with Crippen LogP contribution < -0.4 is 62.2 Å². The zero-order chi connectivity index (χ0) is 78.1. The van der Waals surface area contributed by atoms with Crippen molar-refractivity contribution in [3.05, 3.63) is 143 Å². The maximum absolute atomic E-state index is 12.6. The number of likely N-dealkylation sites (tertiary alicyclic amines) is 2. The number of nitrogens with one attached hydrogen (secondary N) is 1. The van der Waals surface area contributed by atoms with Crippen LogP contribution in [0.3, 0.4) is 0 Å². The fourth-order valence-corrected chi connectivity index (χ4v) is 14.2. The first-order chi connectivity index (χ1) is 52.7. The van der Waals surface area contributed by atoms with Gasteiger partial charge in [0.05, 0.1) is 120 Å². The molecule has 29 heteroatoms. The van der Waals surface area contributed by atoms with Crippen molar-refractivity contribution >= 4 is 59.5 Å². The van der Waals surface area contributed by atoms with Crippen molar-refractivity contribution in [3.8, 4) is 69.0 Å². The van der Waals surface area contributed by atoms with Crippen LogP contribution in [0.1, 0.15) is 71.9 Å². The quantitative estimate of drug-likeness (QED) is 0.0248. The molecule has 0 aromatic heterocycles. The Morgan fingerprint density at radius 3 is 0.918 bits per heavy atom. The molecule has 4 N–H and O–H groups in total. The van der Waals surface area contributed by atoms with Crippen LogP contribution in [-0.2, 0) is 67.1 Å². The fraction of sp³-hybridized carbons (Fsp3) is 0.481. The van der Waals surface area contributed by atoms with E-state index in [1.807, 2.05) is 66.7 Å². The molecule has 9 atom stereocenters. The van der Waals surface area contributed by atoms with Crippen molar-refractivity contribution in [1.82, 2.24) is 15.1 Å². The van der Waals surface area contributed by atoms with Crippen LogP contribution in [0.4, 0.5) is 14.4 Å². The number of amides is 2. The first-order valence-corrected chi connectivity index (χ1v) is 36.7. The second kappa shape index (κ2) is 42.5. The van der Waals surface area contributed by atoms with Gasteiger partial charge in [-0.3, -0.25) is 14.4 Å². The van der Waals surface area contributed by atoms with Crippen molar-refractivity contribution in [3.63, 3.8) is 0 Å². The number of piperidine rings is 3.